The van der Waals surface area contributed by atoms with E-state index >= 15 is 0 Å². The van der Waals surface area contributed by atoms with Crippen molar-refractivity contribution in [3.8, 4) is 11.1 Å². The summed E-state index contributed by atoms with van der Waals surface area (Å²) in [6.45, 7) is 11.2. The minimum absolute atomic E-state index is 0.107. The number of aromatic nitrogens is 3. The van der Waals surface area contributed by atoms with Crippen LogP contribution < -0.4 is 20.8 Å². The first-order chi connectivity index (χ1) is 24.0. The van der Waals surface area contributed by atoms with Crippen molar-refractivity contribution in [2.24, 2.45) is 12.1 Å². The van der Waals surface area contributed by atoms with E-state index in [1.807, 2.05) is 32.9 Å². The number of nitrogens with one attached hydrogen (secondary N) is 1. The smallest absolute Gasteiger partial charge is 0.274 e. The molecule has 2 aliphatic heterocycles. The number of hydrazone groups is 1. The molecule has 12 nitrogen and oxygen atoms in total. The number of carbonyl (C=O) groups is 2. The molecule has 0 aliphatic carbocycles. The van der Waals surface area contributed by atoms with Crippen molar-refractivity contribution in [1.29, 1.82) is 0 Å². The highest BCUT2D eigenvalue weighted by atomic mass is 19.1. The second kappa shape index (κ2) is 14.3. The van der Waals surface area contributed by atoms with E-state index in [4.69, 9.17) is 4.74 Å². The van der Waals surface area contributed by atoms with E-state index in [2.05, 4.69) is 30.2 Å². The molecule has 2 saturated heterocycles. The van der Waals surface area contributed by atoms with Crippen LogP contribution in [0.25, 0.3) is 11.1 Å². The Morgan fingerprint density at radius 2 is 1.76 bits per heavy atom. The zero-order valence-electron chi connectivity index (χ0n) is 28.9. The van der Waals surface area contributed by atoms with Crippen molar-refractivity contribution in [2.45, 2.75) is 32.2 Å². The van der Waals surface area contributed by atoms with Gasteiger partial charge in [0.25, 0.3) is 5.56 Å². The number of piperazine rings is 1. The number of hydrogen-bond donors (Lipinski definition) is 1. The molecule has 50 heavy (non-hydrogen) atoms. The van der Waals surface area contributed by atoms with Gasteiger partial charge in [0.05, 0.1) is 60.4 Å². The maximum Gasteiger partial charge on any atom is 0.274 e. The summed E-state index contributed by atoms with van der Waals surface area (Å²) in [5.74, 6) is -0.126. The lowest BCUT2D eigenvalue weighted by molar-refractivity contribution is -0.0660. The summed E-state index contributed by atoms with van der Waals surface area (Å²) in [6.07, 6.45) is 9.03. The van der Waals surface area contributed by atoms with E-state index in [9.17, 15) is 18.8 Å². The van der Waals surface area contributed by atoms with E-state index in [1.165, 1.54) is 28.1 Å². The second-order valence-corrected chi connectivity index (χ2v) is 13.6. The standard InChI is InChI=1S/C37H41FN8O4/c1-37(2,3)26-12-24(30(20-47)32(38)14-26)15-41-44(5)34-18-39-17-29(31(34)21-48)25-13-33(36(49)43(4)19-25)42-35-7-6-27(16-40-35)45-8-10-46(11-9-45)28-22-50-23-28/h6-7,12-21,28H,8-11,22-23H2,1-5H3,(H,40,42)/b41-15-. The van der Waals surface area contributed by atoms with Crippen molar-refractivity contribution in [3.63, 3.8) is 0 Å². The average molecular weight is 681 g/mol. The van der Waals surface area contributed by atoms with E-state index in [0.29, 0.717) is 52.4 Å². The van der Waals surface area contributed by atoms with Crippen LogP contribution in [0.2, 0.25) is 0 Å². The Morgan fingerprint density at radius 1 is 1.02 bits per heavy atom. The lowest BCUT2D eigenvalue weighted by Crippen LogP contribution is -2.56. The average Bonchev–Trinajstić information content (AvgIpc) is 3.08. The van der Waals surface area contributed by atoms with E-state index in [0.717, 1.165) is 45.1 Å². The Bertz CT molecular complexity index is 1980. The van der Waals surface area contributed by atoms with E-state index in [1.54, 1.807) is 44.8 Å². The third kappa shape index (κ3) is 7.19. The molecule has 0 unspecified atom stereocenters. The fraction of sp³-hybridized carbons (Fsp3) is 0.351. The molecule has 1 aromatic carbocycles. The molecule has 0 atom stereocenters. The molecular weight excluding hydrogens is 639 g/mol. The van der Waals surface area contributed by atoms with Crippen LogP contribution in [0.4, 0.5) is 27.3 Å². The maximum absolute atomic E-state index is 14.8. The van der Waals surface area contributed by atoms with E-state index < -0.39 is 5.82 Å². The number of aryl methyl sites for hydroxylation is 1. The Kier molecular flexibility index (Phi) is 9.89. The molecule has 4 aromatic rings. The topological polar surface area (TPSA) is 125 Å². The number of pyridine rings is 3. The van der Waals surface area contributed by atoms with Crippen LogP contribution in [0, 0.1) is 5.82 Å². The third-order valence-electron chi connectivity index (χ3n) is 9.27. The molecule has 0 amide bonds. The molecule has 13 heteroatoms. The number of anilines is 4. The summed E-state index contributed by atoms with van der Waals surface area (Å²) < 4.78 is 21.6. The Balaban J connectivity index is 1.23. The highest BCUT2D eigenvalue weighted by Gasteiger charge is 2.29. The van der Waals surface area contributed by atoms with Gasteiger partial charge in [-0.2, -0.15) is 5.10 Å². The fourth-order valence-electron chi connectivity index (χ4n) is 6.10. The zero-order valence-corrected chi connectivity index (χ0v) is 28.9. The minimum atomic E-state index is -0.632. The molecule has 5 heterocycles. The van der Waals surface area contributed by atoms with Gasteiger partial charge in [0, 0.05) is 69.4 Å². The summed E-state index contributed by atoms with van der Waals surface area (Å²) in [5, 5.41) is 9.02. The number of halogens is 1. The van der Waals surface area contributed by atoms with Gasteiger partial charge in [-0.25, -0.2) is 9.37 Å². The van der Waals surface area contributed by atoms with Crippen LogP contribution in [0.3, 0.4) is 0 Å². The first-order valence-corrected chi connectivity index (χ1v) is 16.5. The largest absolute Gasteiger partial charge is 0.378 e. The van der Waals surface area contributed by atoms with Gasteiger partial charge in [-0.3, -0.25) is 29.3 Å². The van der Waals surface area contributed by atoms with E-state index in [-0.39, 0.29) is 27.8 Å². The van der Waals surface area contributed by atoms with Gasteiger partial charge in [-0.05, 0) is 41.3 Å². The second-order valence-electron chi connectivity index (χ2n) is 13.6. The van der Waals surface area contributed by atoms with Gasteiger partial charge < -0.3 is 19.5 Å². The first kappa shape index (κ1) is 34.6. The summed E-state index contributed by atoms with van der Waals surface area (Å²) in [5.41, 5.74) is 3.27. The fourth-order valence-corrected chi connectivity index (χ4v) is 6.10. The van der Waals surface area contributed by atoms with Crippen LogP contribution >= 0.6 is 0 Å². The van der Waals surface area contributed by atoms with Crippen LogP contribution in [0.1, 0.15) is 52.6 Å². The molecule has 2 fully saturated rings. The van der Waals surface area contributed by atoms with Gasteiger partial charge >= 0.3 is 0 Å². The molecule has 0 radical (unpaired) electrons. The van der Waals surface area contributed by atoms with Crippen LogP contribution in [-0.2, 0) is 17.2 Å². The highest BCUT2D eigenvalue weighted by Crippen LogP contribution is 2.31. The molecular formula is C37H41FN8O4. The number of nitrogens with zero attached hydrogens (tertiary/aromatic N) is 7. The molecule has 3 aromatic heterocycles. The van der Waals surface area contributed by atoms with Crippen molar-refractivity contribution in [3.05, 3.63) is 93.5 Å². The molecule has 1 N–H and O–H groups in total. The molecule has 0 bridgehead atoms. The van der Waals surface area contributed by atoms with Crippen molar-refractivity contribution in [1.82, 2.24) is 19.4 Å². The van der Waals surface area contributed by atoms with Gasteiger partial charge in [0.1, 0.15) is 17.3 Å². The van der Waals surface area contributed by atoms with Crippen LogP contribution in [-0.4, -0.2) is 90.7 Å². The lowest BCUT2D eigenvalue weighted by Gasteiger charge is -2.43. The first-order valence-electron chi connectivity index (χ1n) is 16.5. The molecule has 0 saturated carbocycles. The number of aldehydes is 2. The quantitative estimate of drug-likeness (QED) is 0.144. The molecule has 0 spiro atoms. The van der Waals surface area contributed by atoms with Gasteiger partial charge in [0.15, 0.2) is 12.6 Å². The zero-order chi connectivity index (χ0) is 35.6. The van der Waals surface area contributed by atoms with Crippen molar-refractivity contribution in [2.75, 3.05) is 61.7 Å². The lowest BCUT2D eigenvalue weighted by atomic mass is 9.85. The number of hydrogen-bond acceptors (Lipinski definition) is 11. The normalized spacial score (nSPS) is 15.6. The molecule has 6 rings (SSSR count). The number of rotatable bonds is 10. The van der Waals surface area contributed by atoms with Crippen LogP contribution in [0.5, 0.6) is 0 Å². The summed E-state index contributed by atoms with van der Waals surface area (Å²) >= 11 is 0. The maximum atomic E-state index is 14.8. The SMILES string of the molecule is CN(/N=C\c1cc(C(C)(C)C)cc(F)c1C=O)c1cncc(-c2cc(Nc3ccc(N4CCN(C5COC5)CC4)cn3)c(=O)n(C)c2)c1C=O. The molecule has 260 valence electrons. The van der Waals surface area contributed by atoms with Crippen molar-refractivity contribution >= 4 is 41.7 Å². The number of carbonyl (C=O) groups excluding carboxylic acids is 2. The Hall–Kier alpha value is -5.27. The summed E-state index contributed by atoms with van der Waals surface area (Å²) in [4.78, 5) is 51.2. The van der Waals surface area contributed by atoms with Crippen molar-refractivity contribution < 1.29 is 18.7 Å². The van der Waals surface area contributed by atoms with Gasteiger partial charge in [-0.15, -0.1) is 0 Å². The monoisotopic (exact) mass is 680 g/mol. The van der Waals surface area contributed by atoms with Gasteiger partial charge in [-0.1, -0.05) is 20.8 Å². The predicted molar refractivity (Wildman–Crippen MR) is 193 cm³/mol. The van der Waals surface area contributed by atoms with Crippen LogP contribution in [0.15, 0.2) is 65.0 Å². The number of ether oxygens (including phenoxy) is 1. The predicted octanol–water partition coefficient (Wildman–Crippen LogP) is 4.64. The molecule has 2 aliphatic rings. The Morgan fingerprint density at radius 3 is 2.38 bits per heavy atom. The van der Waals surface area contributed by atoms with Gasteiger partial charge in [0.2, 0.25) is 0 Å². The Labute approximate surface area is 290 Å². The minimum Gasteiger partial charge on any atom is -0.378 e. The third-order valence-corrected chi connectivity index (χ3v) is 9.27. The summed E-state index contributed by atoms with van der Waals surface area (Å²) in [6, 6.07) is 9.12. The highest BCUT2D eigenvalue weighted by molar-refractivity contribution is 5.96. The number of benzene rings is 1. The summed E-state index contributed by atoms with van der Waals surface area (Å²) in [7, 11) is 3.26.